The molecule has 12 heteroatoms. The number of nitrogens with one attached hydrogen (secondary N) is 3. The molecule has 3 heterocycles. The maximum atomic E-state index is 12.9. The first-order valence-corrected chi connectivity index (χ1v) is 14.5. The maximum absolute atomic E-state index is 12.9. The molecule has 3 N–H and O–H groups in total. The molecule has 2 aromatic rings. The lowest BCUT2D eigenvalue weighted by Gasteiger charge is -2.40. The molecular weight excluding hydrogens is 540 g/mol. The number of aryl methyl sites for hydroxylation is 1. The van der Waals surface area contributed by atoms with Gasteiger partial charge in [0.05, 0.1) is 12.7 Å². The summed E-state index contributed by atoms with van der Waals surface area (Å²) < 4.78 is 0. The van der Waals surface area contributed by atoms with E-state index in [0.29, 0.717) is 18.7 Å². The fourth-order valence-electron chi connectivity index (χ4n) is 4.75. The lowest BCUT2D eigenvalue weighted by Crippen LogP contribution is -2.51. The standard InChI is InChI=1S/C27H39ClN6O4S/c1-17(2)30-25(35)22-14-18(3)23(24(28)31-22)26(36)29-10-6-19(4)33-11-7-21(8-12-33)34(27(37)32-38-5)15-20-9-13-39-16-20/h9,13-14,16-17,19,21H,6-8,10-12,15H2,1-5H3,(H,29,36)(H,30,35)(H,32,37)/t19-/m1/s1. The van der Waals surface area contributed by atoms with Gasteiger partial charge in [0.15, 0.2) is 0 Å². The number of likely N-dealkylation sites (tertiary alicyclic amines) is 1. The van der Waals surface area contributed by atoms with Crippen LogP contribution >= 0.6 is 22.9 Å². The van der Waals surface area contributed by atoms with Gasteiger partial charge in [0, 0.05) is 44.3 Å². The molecule has 4 amide bonds. The zero-order valence-corrected chi connectivity index (χ0v) is 24.8. The maximum Gasteiger partial charge on any atom is 0.341 e. The van der Waals surface area contributed by atoms with Gasteiger partial charge in [0.1, 0.15) is 10.8 Å². The Labute approximate surface area is 239 Å². The van der Waals surface area contributed by atoms with Crippen LogP contribution in [-0.4, -0.2) is 77.5 Å². The predicted octanol–water partition coefficient (Wildman–Crippen LogP) is 3.99. The first-order chi connectivity index (χ1) is 18.6. The van der Waals surface area contributed by atoms with Crippen molar-refractivity contribution in [1.82, 2.24) is 30.9 Å². The Bertz CT molecular complexity index is 1100. The summed E-state index contributed by atoms with van der Waals surface area (Å²) in [4.78, 5) is 51.0. The molecule has 1 aliphatic rings. The molecule has 0 saturated carbocycles. The van der Waals surface area contributed by atoms with Gasteiger partial charge in [-0.3, -0.25) is 14.4 Å². The highest BCUT2D eigenvalue weighted by atomic mass is 35.5. The molecule has 1 fully saturated rings. The van der Waals surface area contributed by atoms with E-state index >= 15 is 0 Å². The predicted molar refractivity (Wildman–Crippen MR) is 153 cm³/mol. The third-order valence-corrected chi connectivity index (χ3v) is 7.85. The Morgan fingerprint density at radius 1 is 1.23 bits per heavy atom. The molecule has 1 atom stereocenters. The lowest BCUT2D eigenvalue weighted by molar-refractivity contribution is 0.0565. The highest BCUT2D eigenvalue weighted by Gasteiger charge is 2.30. The SMILES string of the molecule is CONC(=O)N(Cc1ccsc1)C1CCN([C@H](C)CCNC(=O)c2c(C)cc(C(=O)NC(C)C)nc2Cl)CC1. The zero-order chi connectivity index (χ0) is 28.5. The van der Waals surface area contributed by atoms with E-state index in [-0.39, 0.29) is 52.4 Å². The van der Waals surface area contributed by atoms with E-state index in [1.807, 2.05) is 30.2 Å². The topological polar surface area (TPSA) is 116 Å². The summed E-state index contributed by atoms with van der Waals surface area (Å²) in [6.45, 7) is 10.4. The van der Waals surface area contributed by atoms with Gasteiger partial charge in [0.2, 0.25) is 0 Å². The zero-order valence-electron chi connectivity index (χ0n) is 23.3. The smallest absolute Gasteiger partial charge is 0.341 e. The number of aromatic nitrogens is 1. The van der Waals surface area contributed by atoms with E-state index in [1.54, 1.807) is 24.3 Å². The second-order valence-electron chi connectivity index (χ2n) is 10.1. The van der Waals surface area contributed by atoms with Crippen LogP contribution < -0.4 is 16.1 Å². The summed E-state index contributed by atoms with van der Waals surface area (Å²) in [6.07, 6.45) is 2.47. The average molecular weight is 579 g/mol. The average Bonchev–Trinajstić information content (AvgIpc) is 3.40. The first-order valence-electron chi connectivity index (χ1n) is 13.2. The number of thiophene rings is 1. The fourth-order valence-corrected chi connectivity index (χ4v) is 5.74. The normalized spacial score (nSPS) is 15.2. The molecule has 214 valence electrons. The molecular formula is C27H39ClN6O4S. The van der Waals surface area contributed by atoms with Crippen molar-refractivity contribution in [3.63, 3.8) is 0 Å². The van der Waals surface area contributed by atoms with Crippen molar-refractivity contribution >= 4 is 40.8 Å². The van der Waals surface area contributed by atoms with Crippen LogP contribution in [0.4, 0.5) is 4.79 Å². The van der Waals surface area contributed by atoms with Crippen LogP contribution in [0.1, 0.15) is 72.0 Å². The van der Waals surface area contributed by atoms with E-state index in [4.69, 9.17) is 16.4 Å². The lowest BCUT2D eigenvalue weighted by atomic mass is 10.0. The fraction of sp³-hybridized carbons (Fsp3) is 0.556. The number of urea groups is 1. The highest BCUT2D eigenvalue weighted by Crippen LogP contribution is 2.23. The van der Waals surface area contributed by atoms with Crippen molar-refractivity contribution in [2.45, 2.75) is 71.6 Å². The first kappa shape index (κ1) is 30.8. The second-order valence-corrected chi connectivity index (χ2v) is 11.3. The molecule has 0 spiro atoms. The van der Waals surface area contributed by atoms with Crippen LogP contribution in [-0.2, 0) is 11.4 Å². The second kappa shape index (κ2) is 14.6. The summed E-state index contributed by atoms with van der Waals surface area (Å²) in [6, 6.07) is 3.73. The third-order valence-electron chi connectivity index (χ3n) is 6.85. The Balaban J connectivity index is 1.50. The molecule has 0 unspecified atom stereocenters. The number of carbonyl (C=O) groups excluding carboxylic acids is 3. The highest BCUT2D eigenvalue weighted by molar-refractivity contribution is 7.07. The molecule has 0 radical (unpaired) electrons. The van der Waals surface area contributed by atoms with Crippen LogP contribution in [0.5, 0.6) is 0 Å². The van der Waals surface area contributed by atoms with E-state index in [0.717, 1.165) is 37.9 Å². The number of pyridine rings is 1. The van der Waals surface area contributed by atoms with Gasteiger partial charge in [-0.05, 0) is 81.0 Å². The molecule has 0 aromatic carbocycles. The minimum atomic E-state index is -0.325. The molecule has 10 nitrogen and oxygen atoms in total. The number of amides is 4. The number of halogens is 1. The minimum Gasteiger partial charge on any atom is -0.352 e. The molecule has 1 saturated heterocycles. The number of hydrogen-bond donors (Lipinski definition) is 3. The number of rotatable bonds is 11. The molecule has 3 rings (SSSR count). The largest absolute Gasteiger partial charge is 0.352 e. The van der Waals surface area contributed by atoms with E-state index in [9.17, 15) is 14.4 Å². The van der Waals surface area contributed by atoms with E-state index < -0.39 is 0 Å². The van der Waals surface area contributed by atoms with Gasteiger partial charge in [-0.1, -0.05) is 11.6 Å². The molecule has 2 aromatic heterocycles. The van der Waals surface area contributed by atoms with Crippen molar-refractivity contribution in [3.8, 4) is 0 Å². The van der Waals surface area contributed by atoms with Gasteiger partial charge in [-0.2, -0.15) is 11.3 Å². The molecule has 0 bridgehead atoms. The minimum absolute atomic E-state index is 0.0149. The van der Waals surface area contributed by atoms with Crippen LogP contribution in [0.25, 0.3) is 0 Å². The Hall–Kier alpha value is -2.73. The number of nitrogens with zero attached hydrogens (tertiary/aromatic N) is 3. The van der Waals surface area contributed by atoms with Crippen molar-refractivity contribution < 1.29 is 19.2 Å². The quantitative estimate of drug-likeness (QED) is 0.274. The Morgan fingerprint density at radius 2 is 1.95 bits per heavy atom. The summed E-state index contributed by atoms with van der Waals surface area (Å²) in [5.41, 5.74) is 4.65. The van der Waals surface area contributed by atoms with Crippen molar-refractivity contribution in [1.29, 1.82) is 0 Å². The summed E-state index contributed by atoms with van der Waals surface area (Å²) in [5.74, 6) is -0.631. The molecule has 0 aliphatic carbocycles. The van der Waals surface area contributed by atoms with Crippen molar-refractivity contribution in [2.75, 3.05) is 26.7 Å². The molecule has 39 heavy (non-hydrogen) atoms. The summed E-state index contributed by atoms with van der Waals surface area (Å²) in [7, 11) is 1.44. The van der Waals surface area contributed by atoms with Crippen LogP contribution in [0, 0.1) is 6.92 Å². The van der Waals surface area contributed by atoms with Gasteiger partial charge >= 0.3 is 6.03 Å². The third kappa shape index (κ3) is 8.63. The van der Waals surface area contributed by atoms with Gasteiger partial charge in [0.25, 0.3) is 11.8 Å². The van der Waals surface area contributed by atoms with Crippen molar-refractivity contribution in [2.24, 2.45) is 0 Å². The number of carbonyl (C=O) groups is 3. The summed E-state index contributed by atoms with van der Waals surface area (Å²) in [5, 5.41) is 9.81. The van der Waals surface area contributed by atoms with Crippen LogP contribution in [0.2, 0.25) is 5.15 Å². The summed E-state index contributed by atoms with van der Waals surface area (Å²) >= 11 is 7.92. The van der Waals surface area contributed by atoms with Gasteiger partial charge in [-0.25, -0.2) is 15.3 Å². The monoisotopic (exact) mass is 578 g/mol. The van der Waals surface area contributed by atoms with Crippen LogP contribution in [0.3, 0.4) is 0 Å². The van der Waals surface area contributed by atoms with Crippen LogP contribution in [0.15, 0.2) is 22.9 Å². The Kier molecular flexibility index (Phi) is 11.5. The van der Waals surface area contributed by atoms with Gasteiger partial charge in [-0.15, -0.1) is 0 Å². The van der Waals surface area contributed by atoms with E-state index in [1.165, 1.54) is 7.11 Å². The van der Waals surface area contributed by atoms with Crippen molar-refractivity contribution in [3.05, 3.63) is 50.4 Å². The number of hydroxylamine groups is 1. The number of piperidine rings is 1. The van der Waals surface area contributed by atoms with E-state index in [2.05, 4.69) is 38.3 Å². The van der Waals surface area contributed by atoms with Gasteiger partial charge < -0.3 is 20.4 Å². The Morgan fingerprint density at radius 3 is 2.54 bits per heavy atom. The molecule has 1 aliphatic heterocycles. The number of hydrogen-bond acceptors (Lipinski definition) is 7.